The van der Waals surface area contributed by atoms with Gasteiger partial charge in [-0.15, -0.1) is 0 Å². The standard InChI is InChI=1S/C16H12BrNO2/c1-20-15-7-6-10(9-13(15)17)8-12-11-4-2-3-5-14(11)18-16(12)19/h2-9H,1H3,(H,18,19)/b12-8-. The molecule has 3 rings (SSSR count). The molecule has 0 spiro atoms. The van der Waals surface area contributed by atoms with Gasteiger partial charge in [0.05, 0.1) is 11.6 Å². The fraction of sp³-hybridized carbons (Fsp3) is 0.0625. The topological polar surface area (TPSA) is 38.3 Å². The third kappa shape index (κ3) is 2.23. The number of methoxy groups -OCH3 is 1. The second-order valence-electron chi connectivity index (χ2n) is 4.45. The molecule has 100 valence electrons. The molecule has 0 aliphatic carbocycles. The Bertz CT molecular complexity index is 722. The van der Waals surface area contributed by atoms with Crippen LogP contribution in [0.4, 0.5) is 5.69 Å². The van der Waals surface area contributed by atoms with Gasteiger partial charge >= 0.3 is 0 Å². The molecule has 0 radical (unpaired) electrons. The highest BCUT2D eigenvalue weighted by atomic mass is 79.9. The van der Waals surface area contributed by atoms with Crippen LogP contribution < -0.4 is 10.1 Å². The number of ether oxygens (including phenoxy) is 1. The van der Waals surface area contributed by atoms with Gasteiger partial charge in [-0.2, -0.15) is 0 Å². The molecule has 1 N–H and O–H groups in total. The zero-order valence-electron chi connectivity index (χ0n) is 10.8. The van der Waals surface area contributed by atoms with Gasteiger partial charge in [0.2, 0.25) is 0 Å². The van der Waals surface area contributed by atoms with Crippen LogP contribution in [0, 0.1) is 0 Å². The summed E-state index contributed by atoms with van der Waals surface area (Å²) in [6.07, 6.45) is 1.88. The van der Waals surface area contributed by atoms with E-state index in [1.807, 2.05) is 48.5 Å². The van der Waals surface area contributed by atoms with Crippen LogP contribution in [0.25, 0.3) is 11.6 Å². The quantitative estimate of drug-likeness (QED) is 0.847. The molecular formula is C16H12BrNO2. The molecule has 1 aliphatic rings. The second-order valence-corrected chi connectivity index (χ2v) is 5.31. The van der Waals surface area contributed by atoms with Crippen molar-refractivity contribution in [1.29, 1.82) is 0 Å². The Morgan fingerprint density at radius 3 is 2.75 bits per heavy atom. The summed E-state index contributed by atoms with van der Waals surface area (Å²) in [5.74, 6) is 0.696. The van der Waals surface area contributed by atoms with Crippen LogP contribution in [0.3, 0.4) is 0 Å². The van der Waals surface area contributed by atoms with Crippen LogP contribution >= 0.6 is 15.9 Å². The van der Waals surface area contributed by atoms with Gasteiger partial charge in [0.1, 0.15) is 5.75 Å². The van der Waals surface area contributed by atoms with E-state index in [9.17, 15) is 4.79 Å². The van der Waals surface area contributed by atoms with E-state index in [4.69, 9.17) is 4.74 Å². The van der Waals surface area contributed by atoms with Crippen LogP contribution in [0.1, 0.15) is 11.1 Å². The van der Waals surface area contributed by atoms with Gasteiger partial charge in [0, 0.05) is 16.8 Å². The van der Waals surface area contributed by atoms with Gasteiger partial charge in [0.25, 0.3) is 5.91 Å². The third-order valence-corrected chi connectivity index (χ3v) is 3.82. The molecular weight excluding hydrogens is 318 g/mol. The SMILES string of the molecule is COc1ccc(/C=C2\C(=O)Nc3ccccc32)cc1Br. The lowest BCUT2D eigenvalue weighted by molar-refractivity contribution is -0.110. The average molecular weight is 330 g/mol. The largest absolute Gasteiger partial charge is 0.496 e. The first kappa shape index (κ1) is 12.9. The molecule has 0 saturated carbocycles. The number of hydrogen-bond acceptors (Lipinski definition) is 2. The maximum absolute atomic E-state index is 12.0. The van der Waals surface area contributed by atoms with Crippen LogP contribution in [0.5, 0.6) is 5.75 Å². The Morgan fingerprint density at radius 1 is 1.20 bits per heavy atom. The summed E-state index contributed by atoms with van der Waals surface area (Å²) in [6.45, 7) is 0. The Labute approximate surface area is 125 Å². The van der Waals surface area contributed by atoms with Crippen molar-refractivity contribution in [3.05, 3.63) is 58.1 Å². The summed E-state index contributed by atoms with van der Waals surface area (Å²) in [5.41, 5.74) is 3.41. The van der Waals surface area contributed by atoms with Crippen LogP contribution in [0.2, 0.25) is 0 Å². The Balaban J connectivity index is 2.04. The average Bonchev–Trinajstić information content (AvgIpc) is 2.76. The number of carbonyl (C=O) groups is 1. The summed E-state index contributed by atoms with van der Waals surface area (Å²) in [4.78, 5) is 12.0. The number of anilines is 1. The number of benzene rings is 2. The highest BCUT2D eigenvalue weighted by molar-refractivity contribution is 9.10. The number of para-hydroxylation sites is 1. The van der Waals surface area contributed by atoms with Gasteiger partial charge in [-0.3, -0.25) is 4.79 Å². The van der Waals surface area contributed by atoms with E-state index >= 15 is 0 Å². The molecule has 3 nitrogen and oxygen atoms in total. The minimum atomic E-state index is -0.0712. The van der Waals surface area contributed by atoms with E-state index in [-0.39, 0.29) is 5.91 Å². The monoisotopic (exact) mass is 329 g/mol. The van der Waals surface area contributed by atoms with Crippen molar-refractivity contribution in [2.24, 2.45) is 0 Å². The second kappa shape index (κ2) is 5.13. The van der Waals surface area contributed by atoms with Crippen molar-refractivity contribution in [3.8, 4) is 5.75 Å². The summed E-state index contributed by atoms with van der Waals surface area (Å²) < 4.78 is 6.06. The van der Waals surface area contributed by atoms with E-state index in [2.05, 4.69) is 21.2 Å². The van der Waals surface area contributed by atoms with E-state index < -0.39 is 0 Å². The first-order chi connectivity index (χ1) is 9.69. The fourth-order valence-corrected chi connectivity index (χ4v) is 2.78. The van der Waals surface area contributed by atoms with Crippen molar-refractivity contribution < 1.29 is 9.53 Å². The van der Waals surface area contributed by atoms with Crippen LogP contribution in [0.15, 0.2) is 46.9 Å². The minimum absolute atomic E-state index is 0.0712. The van der Waals surface area contributed by atoms with E-state index in [1.165, 1.54) is 0 Å². The lowest BCUT2D eigenvalue weighted by atomic mass is 10.0. The molecule has 1 amide bonds. The predicted octanol–water partition coefficient (Wildman–Crippen LogP) is 3.95. The number of nitrogens with one attached hydrogen (secondary N) is 1. The van der Waals surface area contributed by atoms with Crippen molar-refractivity contribution in [2.75, 3.05) is 12.4 Å². The molecule has 2 aromatic rings. The van der Waals surface area contributed by atoms with Crippen molar-refractivity contribution >= 4 is 39.2 Å². The smallest absolute Gasteiger partial charge is 0.256 e. The molecule has 0 bridgehead atoms. The van der Waals surface area contributed by atoms with Crippen molar-refractivity contribution in [1.82, 2.24) is 0 Å². The normalized spacial score (nSPS) is 15.1. The number of rotatable bonds is 2. The number of fused-ring (bicyclic) bond motifs is 1. The summed E-state index contributed by atoms with van der Waals surface area (Å²) in [6, 6.07) is 13.4. The highest BCUT2D eigenvalue weighted by Crippen LogP contribution is 2.34. The first-order valence-electron chi connectivity index (χ1n) is 6.15. The zero-order chi connectivity index (χ0) is 14.1. The van der Waals surface area contributed by atoms with Gasteiger partial charge in [0.15, 0.2) is 0 Å². The van der Waals surface area contributed by atoms with E-state index in [1.54, 1.807) is 7.11 Å². The molecule has 0 fully saturated rings. The molecule has 1 heterocycles. The van der Waals surface area contributed by atoms with Gasteiger partial charge in [-0.25, -0.2) is 0 Å². The van der Waals surface area contributed by atoms with Gasteiger partial charge in [-0.1, -0.05) is 24.3 Å². The van der Waals surface area contributed by atoms with Crippen LogP contribution in [-0.2, 0) is 4.79 Å². The maximum Gasteiger partial charge on any atom is 0.256 e. The summed E-state index contributed by atoms with van der Waals surface area (Å²) in [5, 5.41) is 2.86. The molecule has 0 aromatic heterocycles. The van der Waals surface area contributed by atoms with E-state index in [0.29, 0.717) is 5.57 Å². The van der Waals surface area contributed by atoms with E-state index in [0.717, 1.165) is 27.0 Å². The zero-order valence-corrected chi connectivity index (χ0v) is 12.4. The molecule has 0 unspecified atom stereocenters. The molecule has 2 aromatic carbocycles. The summed E-state index contributed by atoms with van der Waals surface area (Å²) >= 11 is 3.45. The fourth-order valence-electron chi connectivity index (χ4n) is 2.22. The van der Waals surface area contributed by atoms with Crippen LogP contribution in [-0.4, -0.2) is 13.0 Å². The van der Waals surface area contributed by atoms with Gasteiger partial charge in [-0.05, 0) is 45.8 Å². The minimum Gasteiger partial charge on any atom is -0.496 e. The molecule has 1 aliphatic heterocycles. The highest BCUT2D eigenvalue weighted by Gasteiger charge is 2.23. The number of halogens is 1. The Kier molecular flexibility index (Phi) is 3.32. The molecule has 20 heavy (non-hydrogen) atoms. The summed E-state index contributed by atoms with van der Waals surface area (Å²) in [7, 11) is 1.62. The maximum atomic E-state index is 12.0. The molecule has 4 heteroatoms. The lowest BCUT2D eigenvalue weighted by Gasteiger charge is -2.04. The number of carbonyl (C=O) groups excluding carboxylic acids is 1. The predicted molar refractivity (Wildman–Crippen MR) is 83.6 cm³/mol. The molecule has 0 saturated heterocycles. The number of amides is 1. The lowest BCUT2D eigenvalue weighted by Crippen LogP contribution is -2.03. The first-order valence-corrected chi connectivity index (χ1v) is 6.94. The van der Waals surface area contributed by atoms with Gasteiger partial charge < -0.3 is 10.1 Å². The Morgan fingerprint density at radius 2 is 2.00 bits per heavy atom. The Hall–Kier alpha value is -2.07. The molecule has 0 atom stereocenters. The number of hydrogen-bond donors (Lipinski definition) is 1. The van der Waals surface area contributed by atoms with Crippen molar-refractivity contribution in [2.45, 2.75) is 0 Å². The van der Waals surface area contributed by atoms with Crippen molar-refractivity contribution in [3.63, 3.8) is 0 Å². The third-order valence-electron chi connectivity index (χ3n) is 3.20.